The highest BCUT2D eigenvalue weighted by atomic mass is 16.6. The van der Waals surface area contributed by atoms with E-state index in [-0.39, 0.29) is 31.3 Å². The van der Waals surface area contributed by atoms with Gasteiger partial charge in [-0.3, -0.25) is 4.90 Å². The van der Waals surface area contributed by atoms with Gasteiger partial charge in [0.25, 0.3) is 0 Å². The standard InChI is InChI=1S/C31H50N2O6/c1-9-10-12-18-25-19-15-20-26(33(25)29(36)39-31(6,7)8)21-32(23(2)27(34)38-30(3,4)5)28(35)37-22-24-16-13-11-14-17-24/h11,13-14,16-17,23,25-26H,9-10,12,15,18-22H2,1-8H3/t23-,25+,26-/m0/s1. The number of ether oxygens (including phenoxy) is 3. The second kappa shape index (κ2) is 14.6. The summed E-state index contributed by atoms with van der Waals surface area (Å²) in [5.74, 6) is -0.515. The summed E-state index contributed by atoms with van der Waals surface area (Å²) >= 11 is 0. The van der Waals surface area contributed by atoms with Crippen LogP contribution in [0.4, 0.5) is 9.59 Å². The van der Waals surface area contributed by atoms with Crippen LogP contribution in [0, 0.1) is 0 Å². The van der Waals surface area contributed by atoms with Gasteiger partial charge in [0.15, 0.2) is 0 Å². The Bertz CT molecular complexity index is 921. The van der Waals surface area contributed by atoms with Gasteiger partial charge in [-0.15, -0.1) is 0 Å². The number of carbonyl (C=O) groups is 3. The average molecular weight is 547 g/mol. The minimum Gasteiger partial charge on any atom is -0.458 e. The number of piperidine rings is 1. The lowest BCUT2D eigenvalue weighted by atomic mass is 9.92. The molecule has 8 heteroatoms. The molecule has 0 aliphatic carbocycles. The molecule has 0 saturated carbocycles. The van der Waals surface area contributed by atoms with Crippen LogP contribution in [0.25, 0.3) is 0 Å². The molecule has 0 radical (unpaired) electrons. The second-order valence-electron chi connectivity index (χ2n) is 12.5. The summed E-state index contributed by atoms with van der Waals surface area (Å²) in [6.07, 6.45) is 5.61. The van der Waals surface area contributed by atoms with Gasteiger partial charge in [-0.1, -0.05) is 56.5 Å². The van der Waals surface area contributed by atoms with E-state index < -0.39 is 29.3 Å². The topological polar surface area (TPSA) is 85.4 Å². The third-order valence-electron chi connectivity index (χ3n) is 6.67. The highest BCUT2D eigenvalue weighted by Gasteiger charge is 2.40. The number of likely N-dealkylation sites (tertiary alicyclic amines) is 1. The molecule has 8 nitrogen and oxygen atoms in total. The van der Waals surface area contributed by atoms with Crippen LogP contribution in [-0.4, -0.2) is 63.8 Å². The summed E-state index contributed by atoms with van der Waals surface area (Å²) in [6.45, 7) is 15.0. The maximum absolute atomic E-state index is 13.5. The maximum atomic E-state index is 13.5. The molecule has 0 bridgehead atoms. The normalized spacial score (nSPS) is 18.7. The van der Waals surface area contributed by atoms with Gasteiger partial charge in [-0.25, -0.2) is 14.4 Å². The highest BCUT2D eigenvalue weighted by Crippen LogP contribution is 2.30. The molecular weight excluding hydrogens is 496 g/mol. The van der Waals surface area contributed by atoms with Crippen LogP contribution < -0.4 is 0 Å². The van der Waals surface area contributed by atoms with E-state index in [0.29, 0.717) is 6.42 Å². The quantitative estimate of drug-likeness (QED) is 0.177. The van der Waals surface area contributed by atoms with Crippen molar-refractivity contribution in [1.82, 2.24) is 9.80 Å². The molecule has 1 aromatic rings. The van der Waals surface area contributed by atoms with Crippen LogP contribution in [0.1, 0.15) is 106 Å². The molecule has 2 amide bonds. The Morgan fingerprint density at radius 3 is 2.15 bits per heavy atom. The maximum Gasteiger partial charge on any atom is 0.410 e. The molecule has 3 atom stereocenters. The van der Waals surface area contributed by atoms with Crippen molar-refractivity contribution in [1.29, 1.82) is 0 Å². The first-order valence-electron chi connectivity index (χ1n) is 14.4. The van der Waals surface area contributed by atoms with Crippen LogP contribution in [0.5, 0.6) is 0 Å². The molecule has 2 rings (SSSR count). The minimum absolute atomic E-state index is 0.0178. The number of hydrogen-bond acceptors (Lipinski definition) is 6. The number of benzene rings is 1. The van der Waals surface area contributed by atoms with Gasteiger partial charge in [0.1, 0.15) is 23.9 Å². The average Bonchev–Trinajstić information content (AvgIpc) is 2.84. The minimum atomic E-state index is -0.895. The summed E-state index contributed by atoms with van der Waals surface area (Å²) in [4.78, 5) is 43.3. The summed E-state index contributed by atoms with van der Waals surface area (Å²) in [7, 11) is 0. The van der Waals surface area contributed by atoms with Crippen LogP contribution in [-0.2, 0) is 25.6 Å². The van der Waals surface area contributed by atoms with E-state index in [0.717, 1.165) is 44.1 Å². The first kappa shape index (κ1) is 32.4. The van der Waals surface area contributed by atoms with E-state index in [1.165, 1.54) is 4.90 Å². The van der Waals surface area contributed by atoms with Gasteiger partial charge in [0, 0.05) is 12.6 Å². The molecule has 0 unspecified atom stereocenters. The van der Waals surface area contributed by atoms with Crippen LogP contribution in [0.3, 0.4) is 0 Å². The van der Waals surface area contributed by atoms with E-state index in [1.54, 1.807) is 27.7 Å². The zero-order valence-corrected chi connectivity index (χ0v) is 25.3. The molecule has 1 fully saturated rings. The Labute approximate surface area is 235 Å². The van der Waals surface area contributed by atoms with Crippen LogP contribution in [0.15, 0.2) is 30.3 Å². The van der Waals surface area contributed by atoms with E-state index in [2.05, 4.69) is 6.92 Å². The molecule has 39 heavy (non-hydrogen) atoms. The number of carbonyl (C=O) groups excluding carboxylic acids is 3. The smallest absolute Gasteiger partial charge is 0.410 e. The van der Waals surface area contributed by atoms with Crippen molar-refractivity contribution in [2.45, 2.75) is 136 Å². The molecule has 1 heterocycles. The van der Waals surface area contributed by atoms with Crippen molar-refractivity contribution in [2.75, 3.05) is 6.54 Å². The van der Waals surface area contributed by atoms with Gasteiger partial charge < -0.3 is 19.1 Å². The SMILES string of the molecule is CCCCC[C@@H]1CCC[C@@H](CN(C(=O)OCc2ccccc2)[C@@H](C)C(=O)OC(C)(C)C)N1C(=O)OC(C)(C)C. The van der Waals surface area contributed by atoms with Gasteiger partial charge >= 0.3 is 18.2 Å². The Morgan fingerprint density at radius 1 is 0.949 bits per heavy atom. The Balaban J connectivity index is 2.33. The number of unbranched alkanes of at least 4 members (excludes halogenated alkanes) is 2. The molecule has 0 aromatic heterocycles. The van der Waals surface area contributed by atoms with Gasteiger partial charge in [0.05, 0.1) is 6.04 Å². The molecule has 1 aromatic carbocycles. The van der Waals surface area contributed by atoms with Gasteiger partial charge in [-0.2, -0.15) is 0 Å². The fraction of sp³-hybridized carbons (Fsp3) is 0.710. The predicted octanol–water partition coefficient (Wildman–Crippen LogP) is 7.09. The van der Waals surface area contributed by atoms with Gasteiger partial charge in [-0.05, 0) is 79.7 Å². The first-order chi connectivity index (χ1) is 18.2. The lowest BCUT2D eigenvalue weighted by Gasteiger charge is -2.44. The first-order valence-corrected chi connectivity index (χ1v) is 14.4. The Hall–Kier alpha value is -2.77. The predicted molar refractivity (Wildman–Crippen MR) is 152 cm³/mol. The number of hydrogen-bond donors (Lipinski definition) is 0. The van der Waals surface area contributed by atoms with E-state index in [9.17, 15) is 14.4 Å². The van der Waals surface area contributed by atoms with Crippen molar-refractivity contribution in [3.63, 3.8) is 0 Å². The lowest BCUT2D eigenvalue weighted by Crippen LogP contribution is -2.58. The highest BCUT2D eigenvalue weighted by molar-refractivity contribution is 5.81. The zero-order valence-electron chi connectivity index (χ0n) is 25.3. The van der Waals surface area contributed by atoms with Crippen molar-refractivity contribution in [3.05, 3.63) is 35.9 Å². The molecule has 1 aliphatic heterocycles. The second-order valence-corrected chi connectivity index (χ2v) is 12.5. The monoisotopic (exact) mass is 546 g/mol. The summed E-state index contributed by atoms with van der Waals surface area (Å²) in [5, 5.41) is 0. The fourth-order valence-electron chi connectivity index (χ4n) is 4.81. The molecule has 1 aliphatic rings. The van der Waals surface area contributed by atoms with E-state index in [4.69, 9.17) is 14.2 Å². The van der Waals surface area contributed by atoms with Crippen molar-refractivity contribution in [3.8, 4) is 0 Å². The third-order valence-corrected chi connectivity index (χ3v) is 6.67. The number of nitrogens with zero attached hydrogens (tertiary/aromatic N) is 2. The number of rotatable bonds is 10. The number of amides is 2. The zero-order chi connectivity index (χ0) is 29.2. The largest absolute Gasteiger partial charge is 0.458 e. The van der Waals surface area contributed by atoms with Crippen molar-refractivity contribution < 1.29 is 28.6 Å². The molecular formula is C31H50N2O6. The van der Waals surface area contributed by atoms with Gasteiger partial charge in [0.2, 0.25) is 0 Å². The summed E-state index contributed by atoms with van der Waals surface area (Å²) in [5.41, 5.74) is -0.506. The van der Waals surface area contributed by atoms with Crippen LogP contribution in [0.2, 0.25) is 0 Å². The fourth-order valence-corrected chi connectivity index (χ4v) is 4.81. The molecule has 0 N–H and O–H groups in total. The van der Waals surface area contributed by atoms with Crippen molar-refractivity contribution >= 4 is 18.2 Å². The summed E-state index contributed by atoms with van der Waals surface area (Å²) in [6, 6.07) is 8.22. The summed E-state index contributed by atoms with van der Waals surface area (Å²) < 4.78 is 17.1. The van der Waals surface area contributed by atoms with E-state index in [1.807, 2.05) is 56.0 Å². The molecule has 1 saturated heterocycles. The molecule has 220 valence electrons. The Morgan fingerprint density at radius 2 is 1.56 bits per heavy atom. The molecule has 0 spiro atoms. The Kier molecular flexibility index (Phi) is 12.1. The lowest BCUT2D eigenvalue weighted by molar-refractivity contribution is -0.160. The van der Waals surface area contributed by atoms with Crippen LogP contribution >= 0.6 is 0 Å². The third kappa shape index (κ3) is 11.1. The van der Waals surface area contributed by atoms with Crippen molar-refractivity contribution in [2.24, 2.45) is 0 Å². The number of esters is 1. The van der Waals surface area contributed by atoms with E-state index >= 15 is 0 Å².